The average Bonchev–Trinajstić information content (AvgIpc) is 2.99. The molecule has 0 amide bonds. The first-order valence-electron chi connectivity index (χ1n) is 13.7. The van der Waals surface area contributed by atoms with Crippen molar-refractivity contribution in [3.63, 3.8) is 0 Å². The highest BCUT2D eigenvalue weighted by Gasteiger charge is 2.21. The van der Waals surface area contributed by atoms with E-state index in [1.807, 2.05) is 31.2 Å². The van der Waals surface area contributed by atoms with Gasteiger partial charge in [0.1, 0.15) is 0 Å². The van der Waals surface area contributed by atoms with Crippen LogP contribution in [0.15, 0.2) is 97.1 Å². The van der Waals surface area contributed by atoms with Crippen LogP contribution in [0.5, 0.6) is 5.75 Å². The lowest BCUT2D eigenvalue weighted by molar-refractivity contribution is -0.00524. The van der Waals surface area contributed by atoms with E-state index in [0.717, 1.165) is 48.1 Å². The van der Waals surface area contributed by atoms with Crippen LogP contribution >= 0.6 is 0 Å². The third-order valence-electron chi connectivity index (χ3n) is 7.31. The normalized spacial score (nSPS) is 17.4. The molecule has 200 valence electrons. The maximum absolute atomic E-state index is 14.7. The summed E-state index contributed by atoms with van der Waals surface area (Å²) < 4.78 is 40.6. The Bertz CT molecular complexity index is 1400. The number of allylic oxidation sites excluding steroid dienone is 1. The van der Waals surface area contributed by atoms with E-state index in [1.54, 1.807) is 6.07 Å². The highest BCUT2D eigenvalue weighted by Crippen LogP contribution is 2.34. The Kier molecular flexibility index (Phi) is 8.53. The number of ether oxygens (including phenoxy) is 2. The van der Waals surface area contributed by atoms with E-state index in [2.05, 4.69) is 67.6 Å². The number of benzene rings is 4. The first-order valence-corrected chi connectivity index (χ1v) is 13.7. The summed E-state index contributed by atoms with van der Waals surface area (Å²) in [6.45, 7) is 5.11. The molecular formula is C35H34F2O2. The highest BCUT2D eigenvalue weighted by molar-refractivity contribution is 5.73. The maximum Gasteiger partial charge on any atom is 0.201 e. The Morgan fingerprint density at radius 2 is 1.31 bits per heavy atom. The van der Waals surface area contributed by atoms with Crippen LogP contribution in [0.1, 0.15) is 44.8 Å². The fourth-order valence-electron chi connectivity index (χ4n) is 5.12. The van der Waals surface area contributed by atoms with E-state index >= 15 is 0 Å². The van der Waals surface area contributed by atoms with Gasteiger partial charge in [0.25, 0.3) is 0 Å². The van der Waals surface area contributed by atoms with Gasteiger partial charge in [-0.05, 0) is 71.7 Å². The van der Waals surface area contributed by atoms with Crippen molar-refractivity contribution in [2.75, 3.05) is 13.2 Å². The lowest BCUT2D eigenvalue weighted by Gasteiger charge is -2.27. The van der Waals surface area contributed by atoms with Gasteiger partial charge in [-0.2, -0.15) is 4.39 Å². The molecule has 4 aromatic rings. The fourth-order valence-corrected chi connectivity index (χ4v) is 5.12. The second-order valence-corrected chi connectivity index (χ2v) is 10.0. The molecule has 5 rings (SSSR count). The molecule has 2 nitrogen and oxygen atoms in total. The molecule has 1 aliphatic heterocycles. The lowest BCUT2D eigenvalue weighted by atomic mass is 9.93. The second kappa shape index (κ2) is 12.4. The predicted molar refractivity (Wildman–Crippen MR) is 155 cm³/mol. The van der Waals surface area contributed by atoms with Gasteiger partial charge in [-0.1, -0.05) is 91.9 Å². The summed E-state index contributed by atoms with van der Waals surface area (Å²) in [5.41, 5.74) is 6.44. The zero-order chi connectivity index (χ0) is 27.2. The van der Waals surface area contributed by atoms with E-state index in [9.17, 15) is 8.78 Å². The number of halogens is 2. The number of rotatable bonds is 8. The molecule has 4 aromatic carbocycles. The fraction of sp³-hybridized carbons (Fsp3) is 0.257. The molecule has 0 N–H and O–H groups in total. The third-order valence-corrected chi connectivity index (χ3v) is 7.31. The van der Waals surface area contributed by atoms with Gasteiger partial charge >= 0.3 is 0 Å². The van der Waals surface area contributed by atoms with Crippen LogP contribution in [0.25, 0.3) is 33.4 Å². The minimum absolute atomic E-state index is 0.0509. The van der Waals surface area contributed by atoms with Crippen LogP contribution in [0.4, 0.5) is 8.78 Å². The summed E-state index contributed by atoms with van der Waals surface area (Å²) >= 11 is 0. The van der Waals surface area contributed by atoms with Gasteiger partial charge in [-0.3, -0.25) is 0 Å². The van der Waals surface area contributed by atoms with E-state index < -0.39 is 11.6 Å². The molecule has 1 aliphatic rings. The van der Waals surface area contributed by atoms with Gasteiger partial charge in [-0.15, -0.1) is 0 Å². The molecule has 0 spiro atoms. The van der Waals surface area contributed by atoms with Crippen LogP contribution in [0.3, 0.4) is 0 Å². The predicted octanol–water partition coefficient (Wildman–Crippen LogP) is 9.80. The third kappa shape index (κ3) is 6.12. The summed E-state index contributed by atoms with van der Waals surface area (Å²) in [4.78, 5) is 0. The molecule has 1 heterocycles. The van der Waals surface area contributed by atoms with Crippen molar-refractivity contribution in [2.24, 2.45) is 5.92 Å². The van der Waals surface area contributed by atoms with E-state index in [-0.39, 0.29) is 17.4 Å². The molecule has 1 fully saturated rings. The van der Waals surface area contributed by atoms with Gasteiger partial charge in [0.15, 0.2) is 11.6 Å². The summed E-state index contributed by atoms with van der Waals surface area (Å²) in [6, 6.07) is 27.6. The SMILES string of the molecule is CC=CC1CCC(c2ccc(-c3ccc(-c4ccc(-c5ccc(OCCC)c(F)c5F)cc4)cc3)cc2)OC1. The molecule has 2 atom stereocenters. The summed E-state index contributed by atoms with van der Waals surface area (Å²) in [7, 11) is 0. The van der Waals surface area contributed by atoms with Crippen LogP contribution in [0.2, 0.25) is 0 Å². The van der Waals surface area contributed by atoms with Crippen LogP contribution < -0.4 is 4.74 Å². The summed E-state index contributed by atoms with van der Waals surface area (Å²) in [5, 5.41) is 0. The minimum Gasteiger partial charge on any atom is -0.490 e. The monoisotopic (exact) mass is 524 g/mol. The minimum atomic E-state index is -0.946. The smallest absolute Gasteiger partial charge is 0.201 e. The van der Waals surface area contributed by atoms with E-state index in [1.165, 1.54) is 11.6 Å². The zero-order valence-electron chi connectivity index (χ0n) is 22.5. The first-order chi connectivity index (χ1) is 19.1. The van der Waals surface area contributed by atoms with Gasteiger partial charge in [0, 0.05) is 11.5 Å². The average molecular weight is 525 g/mol. The van der Waals surface area contributed by atoms with Crippen LogP contribution in [-0.4, -0.2) is 13.2 Å². The first kappa shape index (κ1) is 26.8. The van der Waals surface area contributed by atoms with Crippen molar-refractivity contribution in [1.82, 2.24) is 0 Å². The van der Waals surface area contributed by atoms with Crippen LogP contribution in [0, 0.1) is 17.6 Å². The molecule has 0 radical (unpaired) electrons. The molecule has 0 aliphatic carbocycles. The Morgan fingerprint density at radius 1 is 0.744 bits per heavy atom. The molecule has 4 heteroatoms. The van der Waals surface area contributed by atoms with Crippen molar-refractivity contribution in [3.8, 4) is 39.1 Å². The summed E-state index contributed by atoms with van der Waals surface area (Å²) in [6.07, 6.45) is 7.44. The number of hydrogen-bond donors (Lipinski definition) is 0. The number of hydrogen-bond acceptors (Lipinski definition) is 2. The largest absolute Gasteiger partial charge is 0.490 e. The Hall–Kier alpha value is -3.76. The standard InChI is InChI=1S/C35H34F2O2/c1-3-5-24-6-20-32(39-23-24)30-17-13-28(14-18-30)26-9-7-25(8-10-26)27-11-15-29(16-12-27)31-19-21-33(38-22-4-2)35(37)34(31)36/h3,5,7-19,21,24,32H,4,6,20,22-23H2,1-2H3. The lowest BCUT2D eigenvalue weighted by Crippen LogP contribution is -2.19. The molecule has 0 saturated carbocycles. The molecular weight excluding hydrogens is 490 g/mol. The quantitative estimate of drug-likeness (QED) is 0.214. The van der Waals surface area contributed by atoms with Gasteiger partial charge < -0.3 is 9.47 Å². The molecule has 0 aromatic heterocycles. The Balaban J connectivity index is 1.26. The molecule has 39 heavy (non-hydrogen) atoms. The Morgan fingerprint density at radius 3 is 1.82 bits per heavy atom. The highest BCUT2D eigenvalue weighted by atomic mass is 19.2. The van der Waals surface area contributed by atoms with Crippen molar-refractivity contribution in [1.29, 1.82) is 0 Å². The van der Waals surface area contributed by atoms with E-state index in [0.29, 0.717) is 18.1 Å². The van der Waals surface area contributed by atoms with Crippen molar-refractivity contribution in [3.05, 3.63) is 114 Å². The van der Waals surface area contributed by atoms with Crippen molar-refractivity contribution in [2.45, 2.75) is 39.2 Å². The van der Waals surface area contributed by atoms with Gasteiger partial charge in [0.2, 0.25) is 5.82 Å². The van der Waals surface area contributed by atoms with Gasteiger partial charge in [-0.25, -0.2) is 4.39 Å². The zero-order valence-corrected chi connectivity index (χ0v) is 22.5. The Labute approximate surface area is 229 Å². The van der Waals surface area contributed by atoms with Gasteiger partial charge in [0.05, 0.1) is 19.3 Å². The maximum atomic E-state index is 14.7. The molecule has 2 unspecified atom stereocenters. The van der Waals surface area contributed by atoms with Crippen LogP contribution in [-0.2, 0) is 4.74 Å². The summed E-state index contributed by atoms with van der Waals surface area (Å²) in [5.74, 6) is -1.36. The molecule has 0 bridgehead atoms. The van der Waals surface area contributed by atoms with Crippen molar-refractivity contribution >= 4 is 0 Å². The topological polar surface area (TPSA) is 18.5 Å². The van der Waals surface area contributed by atoms with Crippen molar-refractivity contribution < 1.29 is 18.3 Å². The molecule has 1 saturated heterocycles. The second-order valence-electron chi connectivity index (χ2n) is 10.0. The van der Waals surface area contributed by atoms with E-state index in [4.69, 9.17) is 9.47 Å².